The maximum atomic E-state index is 15.1. The van der Waals surface area contributed by atoms with Crippen LogP contribution in [0.2, 0.25) is 0 Å². The van der Waals surface area contributed by atoms with Gasteiger partial charge in [-0.2, -0.15) is 52.7 Å². The summed E-state index contributed by atoms with van der Waals surface area (Å²) in [4.78, 5) is 6.55. The molecule has 0 saturated carbocycles. The van der Waals surface area contributed by atoms with E-state index >= 15 is 4.39 Å². The fraction of sp³-hybridized carbons (Fsp3) is 0.0952. The number of hydrogen-bond acceptors (Lipinski definition) is 0. The number of benzene rings is 6. The standard InChI is InChI=1S/C42H17F13N4/c1-56-26-12-20(11-24(13-26)42(53,54)55)31-18-37(58-33-14-21(39(44,45)46)3-7-27(33)28-8-4-22(15-34(28)58)40(47,48)49)38(19-32(31)57-2)59-35-16-23(41(50,51)52)5-9-29(35)30-10-6-25(43)17-36(30)59/h3-19H. The van der Waals surface area contributed by atoms with Gasteiger partial charge in [0.2, 0.25) is 0 Å². The van der Waals surface area contributed by atoms with Gasteiger partial charge in [-0.25, -0.2) is 14.1 Å². The van der Waals surface area contributed by atoms with E-state index in [1.165, 1.54) is 6.07 Å². The third-order valence-corrected chi connectivity index (χ3v) is 9.86. The van der Waals surface area contributed by atoms with Crippen LogP contribution in [0, 0.1) is 19.0 Å². The van der Waals surface area contributed by atoms with E-state index in [9.17, 15) is 52.7 Å². The SMILES string of the molecule is [C-]#[N+]c1cc(-c2cc(-n3c4cc(C(F)(F)F)ccc4c4ccc(C(F)(F)F)cc43)c(-n3c4cc(F)ccc4c4ccc(C(F)(F)F)cc43)cc2[N+]#[C-])cc(C(F)(F)F)c1. The Morgan fingerprint density at radius 3 is 1.22 bits per heavy atom. The fourth-order valence-corrected chi connectivity index (χ4v) is 7.30. The first kappa shape index (κ1) is 38.8. The van der Waals surface area contributed by atoms with Gasteiger partial charge in [0.05, 0.1) is 63.3 Å². The second-order valence-corrected chi connectivity index (χ2v) is 13.4. The van der Waals surface area contributed by atoms with Crippen molar-refractivity contribution in [2.24, 2.45) is 0 Å². The minimum atomic E-state index is -5.03. The molecule has 6 aromatic carbocycles. The summed E-state index contributed by atoms with van der Waals surface area (Å²) in [6.07, 6.45) is -20.0. The maximum Gasteiger partial charge on any atom is 0.416 e. The molecular weight excluding hydrogens is 807 g/mol. The summed E-state index contributed by atoms with van der Waals surface area (Å²) in [5.74, 6) is -0.904. The van der Waals surface area contributed by atoms with Crippen molar-refractivity contribution in [2.45, 2.75) is 24.7 Å². The zero-order chi connectivity index (χ0) is 42.6. The molecule has 59 heavy (non-hydrogen) atoms. The zero-order valence-electron chi connectivity index (χ0n) is 29.0. The van der Waals surface area contributed by atoms with E-state index in [-0.39, 0.29) is 43.8 Å². The largest absolute Gasteiger partial charge is 0.416 e. The Morgan fingerprint density at radius 2 is 0.814 bits per heavy atom. The molecule has 0 saturated heterocycles. The topological polar surface area (TPSA) is 18.6 Å². The van der Waals surface area contributed by atoms with Crippen LogP contribution in [0.3, 0.4) is 0 Å². The first-order chi connectivity index (χ1) is 27.6. The third-order valence-electron chi connectivity index (χ3n) is 9.86. The van der Waals surface area contributed by atoms with Crippen LogP contribution in [0.15, 0.2) is 103 Å². The van der Waals surface area contributed by atoms with Gasteiger partial charge in [0, 0.05) is 27.1 Å². The van der Waals surface area contributed by atoms with E-state index in [2.05, 4.69) is 9.69 Å². The number of fused-ring (bicyclic) bond motifs is 6. The molecule has 0 aliphatic heterocycles. The van der Waals surface area contributed by atoms with Crippen LogP contribution in [-0.2, 0) is 24.7 Å². The lowest BCUT2D eigenvalue weighted by Crippen LogP contribution is -2.08. The minimum Gasteiger partial charge on any atom is -0.308 e. The predicted octanol–water partition coefficient (Wildman–Crippen LogP) is 14.9. The summed E-state index contributed by atoms with van der Waals surface area (Å²) in [5, 5.41) is 0.166. The third kappa shape index (κ3) is 6.52. The van der Waals surface area contributed by atoms with Crippen molar-refractivity contribution in [2.75, 3.05) is 0 Å². The molecule has 0 N–H and O–H groups in total. The second-order valence-electron chi connectivity index (χ2n) is 13.4. The van der Waals surface area contributed by atoms with Gasteiger partial charge < -0.3 is 9.13 Å². The molecule has 8 rings (SSSR count). The van der Waals surface area contributed by atoms with Crippen LogP contribution in [0.1, 0.15) is 22.3 Å². The molecule has 0 spiro atoms. The van der Waals surface area contributed by atoms with Crippen molar-refractivity contribution in [3.8, 4) is 22.5 Å². The summed E-state index contributed by atoms with van der Waals surface area (Å²) in [6, 6.07) is 14.3. The molecule has 0 aliphatic rings. The quantitative estimate of drug-likeness (QED) is 0.125. The number of hydrogen-bond donors (Lipinski definition) is 0. The molecular formula is C42H17F13N4. The summed E-state index contributed by atoms with van der Waals surface area (Å²) < 4.78 is 188. The van der Waals surface area contributed by atoms with Crippen molar-refractivity contribution in [1.29, 1.82) is 0 Å². The van der Waals surface area contributed by atoms with E-state index < -0.39 is 86.4 Å². The molecule has 0 fully saturated rings. The highest BCUT2D eigenvalue weighted by Crippen LogP contribution is 2.47. The van der Waals surface area contributed by atoms with Crippen LogP contribution in [0.4, 0.5) is 68.5 Å². The molecule has 2 heterocycles. The van der Waals surface area contributed by atoms with Crippen LogP contribution in [0.25, 0.3) is 75.8 Å². The molecule has 0 atom stereocenters. The van der Waals surface area contributed by atoms with Gasteiger partial charge in [0.15, 0.2) is 11.4 Å². The monoisotopic (exact) mass is 824 g/mol. The first-order valence-electron chi connectivity index (χ1n) is 16.8. The molecule has 17 heteroatoms. The summed E-state index contributed by atoms with van der Waals surface area (Å²) in [5.41, 5.74) is -8.94. The maximum absolute atomic E-state index is 15.1. The van der Waals surface area contributed by atoms with Gasteiger partial charge in [-0.05, 0) is 96.1 Å². The molecule has 0 amide bonds. The highest BCUT2D eigenvalue weighted by Gasteiger charge is 2.36. The first-order valence-corrected chi connectivity index (χ1v) is 16.8. The van der Waals surface area contributed by atoms with Gasteiger partial charge >= 0.3 is 24.7 Å². The fourth-order valence-electron chi connectivity index (χ4n) is 7.30. The predicted molar refractivity (Wildman–Crippen MR) is 193 cm³/mol. The van der Waals surface area contributed by atoms with E-state index in [0.29, 0.717) is 42.5 Å². The molecule has 0 aliphatic carbocycles. The summed E-state index contributed by atoms with van der Waals surface area (Å²) >= 11 is 0. The van der Waals surface area contributed by atoms with Crippen molar-refractivity contribution >= 4 is 55.0 Å². The summed E-state index contributed by atoms with van der Waals surface area (Å²) in [6.45, 7) is 15.5. The van der Waals surface area contributed by atoms with Gasteiger partial charge in [0.1, 0.15) is 5.82 Å². The van der Waals surface area contributed by atoms with E-state index in [0.717, 1.165) is 63.7 Å². The van der Waals surface area contributed by atoms with Gasteiger partial charge in [0.25, 0.3) is 0 Å². The molecule has 0 radical (unpaired) electrons. The lowest BCUT2D eigenvalue weighted by atomic mass is 9.98. The van der Waals surface area contributed by atoms with E-state index in [1.54, 1.807) is 0 Å². The number of halogens is 13. The molecule has 0 bridgehead atoms. The van der Waals surface area contributed by atoms with Crippen LogP contribution < -0.4 is 0 Å². The van der Waals surface area contributed by atoms with Crippen molar-refractivity contribution in [3.05, 3.63) is 154 Å². The molecule has 296 valence electrons. The van der Waals surface area contributed by atoms with Crippen LogP contribution >= 0.6 is 0 Å². The van der Waals surface area contributed by atoms with Crippen molar-refractivity contribution in [1.82, 2.24) is 9.13 Å². The molecule has 4 nitrogen and oxygen atoms in total. The number of nitrogens with zero attached hydrogens (tertiary/aromatic N) is 4. The van der Waals surface area contributed by atoms with Crippen LogP contribution in [-0.4, -0.2) is 9.13 Å². The van der Waals surface area contributed by atoms with Crippen molar-refractivity contribution < 1.29 is 57.1 Å². The molecule has 0 unspecified atom stereocenters. The van der Waals surface area contributed by atoms with Gasteiger partial charge in [-0.3, -0.25) is 0 Å². The Morgan fingerprint density at radius 1 is 0.407 bits per heavy atom. The lowest BCUT2D eigenvalue weighted by molar-refractivity contribution is -0.138. The highest BCUT2D eigenvalue weighted by molar-refractivity contribution is 6.12. The van der Waals surface area contributed by atoms with Crippen LogP contribution in [0.5, 0.6) is 0 Å². The summed E-state index contributed by atoms with van der Waals surface area (Å²) in [7, 11) is 0. The Hall–Kier alpha value is -7.01. The van der Waals surface area contributed by atoms with Gasteiger partial charge in [-0.15, -0.1) is 0 Å². The number of rotatable bonds is 3. The zero-order valence-corrected chi connectivity index (χ0v) is 29.0. The lowest BCUT2D eigenvalue weighted by Gasteiger charge is -2.21. The Kier molecular flexibility index (Phi) is 8.56. The highest BCUT2D eigenvalue weighted by atomic mass is 19.4. The Bertz CT molecular complexity index is 3070. The van der Waals surface area contributed by atoms with Gasteiger partial charge in [-0.1, -0.05) is 18.2 Å². The molecule has 2 aromatic heterocycles. The van der Waals surface area contributed by atoms with E-state index in [4.69, 9.17) is 13.1 Å². The second kappa shape index (κ2) is 13.0. The Labute approximate surface area is 322 Å². The Balaban J connectivity index is 1.63. The normalized spacial score (nSPS) is 12.8. The average molecular weight is 825 g/mol. The molecule has 8 aromatic rings. The number of alkyl halides is 12. The van der Waals surface area contributed by atoms with Crippen molar-refractivity contribution in [3.63, 3.8) is 0 Å². The van der Waals surface area contributed by atoms with E-state index in [1.807, 2.05) is 0 Å². The number of aromatic nitrogens is 2. The average Bonchev–Trinajstić information content (AvgIpc) is 3.66. The minimum absolute atomic E-state index is 0.0366. The smallest absolute Gasteiger partial charge is 0.308 e.